The highest BCUT2D eigenvalue weighted by atomic mass is 15.6. The van der Waals surface area contributed by atoms with Gasteiger partial charge in [-0.15, -0.1) is 0 Å². The summed E-state index contributed by atoms with van der Waals surface area (Å²) in [5, 5.41) is 8.02. The van der Waals surface area contributed by atoms with Crippen molar-refractivity contribution < 1.29 is 0 Å². The zero-order valence-electron chi connectivity index (χ0n) is 23.1. The summed E-state index contributed by atoms with van der Waals surface area (Å²) in [6, 6.07) is 48.2. The van der Waals surface area contributed by atoms with Crippen LogP contribution in [0.2, 0.25) is 0 Å². The molecule has 0 bridgehead atoms. The van der Waals surface area contributed by atoms with Gasteiger partial charge in [0.1, 0.15) is 5.84 Å². The maximum Gasteiger partial charge on any atom is 0.133 e. The summed E-state index contributed by atoms with van der Waals surface area (Å²) in [6.07, 6.45) is 6.36. The first kappa shape index (κ1) is 25.4. The third-order valence-electron chi connectivity index (χ3n) is 7.59. The summed E-state index contributed by atoms with van der Waals surface area (Å²) < 4.78 is 0. The summed E-state index contributed by atoms with van der Waals surface area (Å²) in [5.41, 5.74) is 9.59. The fourth-order valence-corrected chi connectivity index (χ4v) is 5.46. The smallest absolute Gasteiger partial charge is 0.133 e. The van der Waals surface area contributed by atoms with Crippen molar-refractivity contribution in [3.8, 4) is 0 Å². The van der Waals surface area contributed by atoms with Crippen LogP contribution in [-0.2, 0) is 0 Å². The quantitative estimate of drug-likeness (QED) is 0.241. The average molecular weight is 543 g/mol. The van der Waals surface area contributed by atoms with Crippen molar-refractivity contribution in [3.63, 3.8) is 0 Å². The number of hydrazine groups is 1. The Morgan fingerprint density at radius 3 is 2.00 bits per heavy atom. The van der Waals surface area contributed by atoms with Gasteiger partial charge in [0.15, 0.2) is 0 Å². The van der Waals surface area contributed by atoms with Crippen molar-refractivity contribution in [2.75, 3.05) is 10.0 Å². The van der Waals surface area contributed by atoms with E-state index >= 15 is 0 Å². The molecule has 0 fully saturated rings. The highest BCUT2D eigenvalue weighted by Gasteiger charge is 2.24. The molecule has 4 heteroatoms. The molecule has 2 heterocycles. The predicted octanol–water partition coefficient (Wildman–Crippen LogP) is 8.92. The van der Waals surface area contributed by atoms with Gasteiger partial charge in [0.05, 0.1) is 23.1 Å². The Balaban J connectivity index is 1.28. The zero-order chi connectivity index (χ0) is 28.3. The first-order valence-electron chi connectivity index (χ1n) is 14.1. The molecule has 0 saturated carbocycles. The van der Waals surface area contributed by atoms with Crippen LogP contribution in [0.1, 0.15) is 28.3 Å². The molecule has 2 aliphatic rings. The number of benzene rings is 5. The summed E-state index contributed by atoms with van der Waals surface area (Å²) in [7, 11) is 0. The normalized spacial score (nSPS) is 16.2. The van der Waals surface area contributed by atoms with Crippen molar-refractivity contribution >= 4 is 34.2 Å². The fraction of sp³-hybridized carbons (Fsp3) is 0.0263. The third kappa shape index (κ3) is 4.91. The minimum atomic E-state index is -0.0838. The van der Waals surface area contributed by atoms with Crippen LogP contribution in [0, 0.1) is 0 Å². The van der Waals surface area contributed by atoms with E-state index in [1.807, 2.05) is 18.2 Å². The summed E-state index contributed by atoms with van der Waals surface area (Å²) in [5.74, 6) is 0.848. The molecular weight excluding hydrogens is 512 g/mol. The van der Waals surface area contributed by atoms with E-state index in [-0.39, 0.29) is 6.04 Å². The third-order valence-corrected chi connectivity index (χ3v) is 7.59. The van der Waals surface area contributed by atoms with E-state index in [1.165, 1.54) is 0 Å². The molecule has 4 nitrogen and oxygen atoms in total. The highest BCUT2D eigenvalue weighted by Crippen LogP contribution is 2.39. The van der Waals surface area contributed by atoms with E-state index in [0.717, 1.165) is 56.4 Å². The molecule has 0 amide bonds. The molecule has 1 unspecified atom stereocenters. The van der Waals surface area contributed by atoms with Crippen LogP contribution in [-0.4, -0.2) is 5.84 Å². The number of fused-ring (bicyclic) bond motifs is 1. The Bertz CT molecular complexity index is 1800. The summed E-state index contributed by atoms with van der Waals surface area (Å²) in [6.45, 7) is 4.34. The fourth-order valence-electron chi connectivity index (χ4n) is 5.46. The molecule has 0 saturated heterocycles. The van der Waals surface area contributed by atoms with Gasteiger partial charge < -0.3 is 5.32 Å². The van der Waals surface area contributed by atoms with Crippen molar-refractivity contribution in [2.45, 2.75) is 6.04 Å². The lowest BCUT2D eigenvalue weighted by Crippen LogP contribution is -2.35. The Morgan fingerprint density at radius 2 is 1.26 bits per heavy atom. The van der Waals surface area contributed by atoms with Gasteiger partial charge in [0, 0.05) is 23.0 Å². The minimum Gasteiger partial charge on any atom is -0.340 e. The van der Waals surface area contributed by atoms with Gasteiger partial charge >= 0.3 is 0 Å². The molecule has 0 radical (unpaired) electrons. The minimum absolute atomic E-state index is 0.0838. The molecule has 2 aliphatic heterocycles. The van der Waals surface area contributed by atoms with Crippen LogP contribution in [0.5, 0.6) is 0 Å². The number of aliphatic imine (C=N–C) groups is 1. The largest absolute Gasteiger partial charge is 0.340 e. The average Bonchev–Trinajstić information content (AvgIpc) is 3.22. The highest BCUT2D eigenvalue weighted by molar-refractivity contribution is 6.05. The Morgan fingerprint density at radius 1 is 0.619 bits per heavy atom. The van der Waals surface area contributed by atoms with Crippen molar-refractivity contribution in [1.29, 1.82) is 0 Å². The molecule has 0 aromatic heterocycles. The Hall–Kier alpha value is -5.61. The number of nitrogens with one attached hydrogen (secondary N) is 1. The van der Waals surface area contributed by atoms with Crippen LogP contribution in [0.25, 0.3) is 11.3 Å². The first-order chi connectivity index (χ1) is 20.7. The second kappa shape index (κ2) is 11.1. The van der Waals surface area contributed by atoms with Crippen LogP contribution < -0.4 is 15.3 Å². The lowest BCUT2D eigenvalue weighted by molar-refractivity contribution is 0.880. The van der Waals surface area contributed by atoms with Gasteiger partial charge in [-0.1, -0.05) is 104 Å². The molecule has 5 aromatic carbocycles. The molecule has 5 aromatic rings. The van der Waals surface area contributed by atoms with Gasteiger partial charge in [-0.05, 0) is 71.3 Å². The second-order valence-corrected chi connectivity index (χ2v) is 10.3. The van der Waals surface area contributed by atoms with E-state index in [9.17, 15) is 0 Å². The first-order valence-corrected chi connectivity index (χ1v) is 14.1. The molecule has 42 heavy (non-hydrogen) atoms. The maximum atomic E-state index is 5.15. The molecule has 7 rings (SSSR count). The van der Waals surface area contributed by atoms with Gasteiger partial charge in [-0.2, -0.15) is 0 Å². The van der Waals surface area contributed by atoms with Crippen molar-refractivity contribution in [3.05, 3.63) is 187 Å². The summed E-state index contributed by atoms with van der Waals surface area (Å²) >= 11 is 0. The lowest BCUT2D eigenvalue weighted by atomic mass is 10.0. The number of hydrogen-bond donors (Lipinski definition) is 1. The molecule has 1 atom stereocenters. The van der Waals surface area contributed by atoms with Gasteiger partial charge in [-0.25, -0.2) is 5.01 Å². The van der Waals surface area contributed by atoms with Gasteiger partial charge in [0.25, 0.3) is 0 Å². The van der Waals surface area contributed by atoms with Crippen molar-refractivity contribution in [2.24, 2.45) is 4.99 Å². The van der Waals surface area contributed by atoms with Crippen LogP contribution in [0.15, 0.2) is 169 Å². The maximum absolute atomic E-state index is 5.15. The number of rotatable bonds is 5. The van der Waals surface area contributed by atoms with E-state index < -0.39 is 0 Å². The monoisotopic (exact) mass is 542 g/mol. The number of anilines is 3. The predicted molar refractivity (Wildman–Crippen MR) is 175 cm³/mol. The molecule has 202 valence electrons. The van der Waals surface area contributed by atoms with Gasteiger partial charge in [-0.3, -0.25) is 10.0 Å². The SMILES string of the molecule is C=C1C=CN(c2ccccc2)N(c2ccc(C3=NC(c4ccccc4)C=C(c4ccccc4)N3)cc2)c2ccccc21. The molecular formula is C38H30N4. The Labute approximate surface area is 246 Å². The number of hydrogen-bond acceptors (Lipinski definition) is 4. The van der Waals surface area contributed by atoms with E-state index in [1.54, 1.807) is 0 Å². The molecule has 1 N–H and O–H groups in total. The number of para-hydroxylation sites is 2. The molecule has 0 spiro atoms. The number of amidine groups is 1. The topological polar surface area (TPSA) is 30.9 Å². The van der Waals surface area contributed by atoms with Crippen molar-refractivity contribution in [1.82, 2.24) is 5.32 Å². The number of nitrogens with zero attached hydrogens (tertiary/aromatic N) is 3. The van der Waals surface area contributed by atoms with E-state index in [0.29, 0.717) is 0 Å². The summed E-state index contributed by atoms with van der Waals surface area (Å²) in [4.78, 5) is 5.15. The zero-order valence-corrected chi connectivity index (χ0v) is 23.1. The lowest BCUT2D eigenvalue weighted by Gasteiger charge is -2.36. The number of allylic oxidation sites excluding steroid dienone is 2. The van der Waals surface area contributed by atoms with E-state index in [2.05, 4.69) is 162 Å². The molecule has 0 aliphatic carbocycles. The second-order valence-electron chi connectivity index (χ2n) is 10.3. The van der Waals surface area contributed by atoms with Crippen LogP contribution in [0.3, 0.4) is 0 Å². The van der Waals surface area contributed by atoms with Gasteiger partial charge in [0.2, 0.25) is 0 Å². The standard InChI is InChI=1S/C38H30N4/c1-28-25-26-41(32-17-9-4-10-18-32)42(37-20-12-11-19-34(28)37)33-23-21-31(22-24-33)38-39-35(29-13-5-2-6-14-29)27-36(40-38)30-15-7-3-8-16-30/h2-27,35H,1H2,(H,39,40). The Kier molecular flexibility index (Phi) is 6.71. The van der Waals surface area contributed by atoms with E-state index in [4.69, 9.17) is 4.99 Å². The van der Waals surface area contributed by atoms with Crippen LogP contribution in [0.4, 0.5) is 17.1 Å². The van der Waals surface area contributed by atoms with Crippen LogP contribution >= 0.6 is 0 Å².